The van der Waals surface area contributed by atoms with Crippen molar-refractivity contribution in [3.8, 4) is 0 Å². The van der Waals surface area contributed by atoms with Crippen molar-refractivity contribution in [1.29, 1.82) is 0 Å². The molecule has 2 aromatic rings. The topological polar surface area (TPSA) is 67.3 Å². The van der Waals surface area contributed by atoms with E-state index in [0.717, 1.165) is 17.7 Å². The Morgan fingerprint density at radius 1 is 1.06 bits per heavy atom. The molecule has 0 aromatic heterocycles. The van der Waals surface area contributed by atoms with Gasteiger partial charge < -0.3 is 9.80 Å². The number of anilines is 1. The van der Waals surface area contributed by atoms with Crippen LogP contribution < -0.4 is 4.90 Å². The van der Waals surface area contributed by atoms with E-state index in [1.165, 1.54) is 6.07 Å². The highest BCUT2D eigenvalue weighted by Crippen LogP contribution is 2.61. The molecular weight excluding hydrogens is 417 g/mol. The molecule has 2 N–H and O–H groups in total. The van der Waals surface area contributed by atoms with Crippen molar-refractivity contribution in [3.05, 3.63) is 65.5 Å². The summed E-state index contributed by atoms with van der Waals surface area (Å²) in [4.78, 5) is 15.4. The molecule has 8 heteroatoms. The number of benzene rings is 2. The Balaban J connectivity index is 1.46. The number of hydrogen-bond acceptors (Lipinski definition) is 5. The summed E-state index contributed by atoms with van der Waals surface area (Å²) in [5, 5.41) is -0.359. The Morgan fingerprint density at radius 3 is 2.42 bits per heavy atom. The average molecular weight is 448 g/mol. The molecule has 0 bridgehead atoms. The van der Waals surface area contributed by atoms with Crippen LogP contribution in [-0.4, -0.2) is 56.9 Å². The first-order valence-electron chi connectivity index (χ1n) is 10.7. The molecule has 2 fully saturated rings. The van der Waals surface area contributed by atoms with E-state index in [9.17, 15) is 18.3 Å². The Hall–Kier alpha value is -2.13. The molecule has 0 radical (unpaired) electrons. The minimum atomic E-state index is -3.06. The normalized spacial score (nSPS) is 22.9. The van der Waals surface area contributed by atoms with Gasteiger partial charge in [0.15, 0.2) is 0 Å². The SMILES string of the molecule is CC(=O)N1CCN(c2ccc(CN3CCC[C@@H](c4ccccc4)S3(O)O)c(F)c2)CC1. The van der Waals surface area contributed by atoms with Gasteiger partial charge in [-0.15, -0.1) is 10.8 Å². The second-order valence-corrected chi connectivity index (χ2v) is 10.4. The molecule has 2 saturated heterocycles. The van der Waals surface area contributed by atoms with E-state index in [2.05, 4.69) is 4.90 Å². The third kappa shape index (κ3) is 4.72. The fourth-order valence-corrected chi connectivity index (χ4v) is 6.54. The molecular formula is C23H30FN3O3S. The van der Waals surface area contributed by atoms with Crippen LogP contribution in [0.3, 0.4) is 0 Å². The van der Waals surface area contributed by atoms with Crippen LogP contribution in [0.2, 0.25) is 0 Å². The number of amides is 1. The molecule has 0 unspecified atom stereocenters. The smallest absolute Gasteiger partial charge is 0.219 e. The molecule has 2 aliphatic heterocycles. The van der Waals surface area contributed by atoms with Crippen LogP contribution >= 0.6 is 10.8 Å². The first-order valence-corrected chi connectivity index (χ1v) is 12.3. The third-order valence-electron chi connectivity index (χ3n) is 6.28. The van der Waals surface area contributed by atoms with Crippen molar-refractivity contribution < 1.29 is 18.3 Å². The van der Waals surface area contributed by atoms with Crippen LogP contribution in [0.5, 0.6) is 0 Å². The highest BCUT2D eigenvalue weighted by atomic mass is 32.3. The lowest BCUT2D eigenvalue weighted by Crippen LogP contribution is -2.48. The minimum absolute atomic E-state index is 0.0653. The van der Waals surface area contributed by atoms with Gasteiger partial charge in [0.05, 0.1) is 5.25 Å². The summed E-state index contributed by atoms with van der Waals surface area (Å²) < 4.78 is 38.7. The van der Waals surface area contributed by atoms with E-state index >= 15 is 0 Å². The fraction of sp³-hybridized carbons (Fsp3) is 0.435. The van der Waals surface area contributed by atoms with Gasteiger partial charge >= 0.3 is 0 Å². The molecule has 2 aliphatic rings. The average Bonchev–Trinajstić information content (AvgIpc) is 2.77. The predicted molar refractivity (Wildman–Crippen MR) is 123 cm³/mol. The van der Waals surface area contributed by atoms with E-state index in [0.29, 0.717) is 44.7 Å². The number of hydrogen-bond donors (Lipinski definition) is 2. The van der Waals surface area contributed by atoms with Crippen molar-refractivity contribution in [2.75, 3.05) is 37.6 Å². The monoisotopic (exact) mass is 447 g/mol. The van der Waals surface area contributed by atoms with Crippen molar-refractivity contribution in [2.45, 2.75) is 31.6 Å². The molecule has 0 aliphatic carbocycles. The summed E-state index contributed by atoms with van der Waals surface area (Å²) in [6, 6.07) is 14.7. The maximum atomic E-state index is 15.0. The first kappa shape index (κ1) is 22.1. The van der Waals surface area contributed by atoms with Crippen LogP contribution in [0.1, 0.15) is 36.1 Å². The first-order chi connectivity index (χ1) is 14.9. The molecule has 4 rings (SSSR count). The fourth-order valence-electron chi connectivity index (χ4n) is 4.45. The summed E-state index contributed by atoms with van der Waals surface area (Å²) in [7, 11) is -3.06. The summed E-state index contributed by atoms with van der Waals surface area (Å²) in [5.74, 6) is -0.279. The quantitative estimate of drug-likeness (QED) is 0.723. The van der Waals surface area contributed by atoms with Gasteiger partial charge in [0.1, 0.15) is 5.82 Å². The number of rotatable bonds is 4. The van der Waals surface area contributed by atoms with Crippen molar-refractivity contribution in [3.63, 3.8) is 0 Å². The molecule has 6 nitrogen and oxygen atoms in total. The molecule has 31 heavy (non-hydrogen) atoms. The molecule has 2 aromatic carbocycles. The molecule has 1 amide bonds. The maximum absolute atomic E-state index is 15.0. The molecule has 2 heterocycles. The summed E-state index contributed by atoms with van der Waals surface area (Å²) in [6.45, 7) is 4.86. The van der Waals surface area contributed by atoms with Crippen LogP contribution in [0, 0.1) is 5.82 Å². The second-order valence-electron chi connectivity index (χ2n) is 8.24. The lowest BCUT2D eigenvalue weighted by molar-refractivity contribution is -0.129. The lowest BCUT2D eigenvalue weighted by Gasteiger charge is -2.51. The van der Waals surface area contributed by atoms with E-state index in [-0.39, 0.29) is 23.5 Å². The van der Waals surface area contributed by atoms with E-state index in [1.54, 1.807) is 22.2 Å². The van der Waals surface area contributed by atoms with Gasteiger partial charge in [-0.3, -0.25) is 13.9 Å². The van der Waals surface area contributed by atoms with Crippen molar-refractivity contribution >= 4 is 22.4 Å². The lowest BCUT2D eigenvalue weighted by atomic mass is 10.1. The van der Waals surface area contributed by atoms with Gasteiger partial charge in [-0.2, -0.15) is 0 Å². The Morgan fingerprint density at radius 2 is 1.77 bits per heavy atom. The Labute approximate surface area is 184 Å². The zero-order valence-electron chi connectivity index (χ0n) is 17.8. The zero-order valence-corrected chi connectivity index (χ0v) is 18.6. The predicted octanol–water partition coefficient (Wildman–Crippen LogP) is 4.50. The summed E-state index contributed by atoms with van der Waals surface area (Å²) in [6.07, 6.45) is 1.53. The minimum Gasteiger partial charge on any atom is -0.368 e. The van der Waals surface area contributed by atoms with Crippen LogP contribution in [-0.2, 0) is 11.3 Å². The number of halogens is 1. The zero-order chi connectivity index (χ0) is 22.0. The number of nitrogens with zero attached hydrogens (tertiary/aromatic N) is 3. The van der Waals surface area contributed by atoms with Crippen LogP contribution in [0.15, 0.2) is 48.5 Å². The van der Waals surface area contributed by atoms with Crippen LogP contribution in [0.4, 0.5) is 10.1 Å². The van der Waals surface area contributed by atoms with Gasteiger partial charge in [-0.1, -0.05) is 36.4 Å². The number of carbonyl (C=O) groups excluding carboxylic acids is 1. The summed E-state index contributed by atoms with van der Waals surface area (Å²) >= 11 is 0. The van der Waals surface area contributed by atoms with E-state index < -0.39 is 10.8 Å². The highest BCUT2D eigenvalue weighted by molar-refractivity contribution is 8.22. The van der Waals surface area contributed by atoms with Gasteiger partial charge in [0.2, 0.25) is 5.91 Å². The van der Waals surface area contributed by atoms with Gasteiger partial charge in [-0.05, 0) is 30.5 Å². The molecule has 1 atom stereocenters. The molecule has 168 valence electrons. The second kappa shape index (κ2) is 9.16. The van der Waals surface area contributed by atoms with E-state index in [1.807, 2.05) is 36.4 Å². The largest absolute Gasteiger partial charge is 0.368 e. The Kier molecular flexibility index (Phi) is 6.52. The molecule has 0 spiro atoms. The number of piperazine rings is 1. The van der Waals surface area contributed by atoms with Gasteiger partial charge in [0, 0.05) is 57.4 Å². The van der Waals surface area contributed by atoms with E-state index in [4.69, 9.17) is 0 Å². The van der Waals surface area contributed by atoms with Gasteiger partial charge in [-0.25, -0.2) is 8.70 Å². The molecule has 0 saturated carbocycles. The van der Waals surface area contributed by atoms with Gasteiger partial charge in [0.25, 0.3) is 0 Å². The standard InChI is InChI=1S/C23H30FN3O3S/c1-18(28)25-12-14-26(15-13-25)21-10-9-20(22(24)16-21)17-27-11-5-8-23(31(27,29)30)19-6-3-2-4-7-19/h2-4,6-7,9-10,16,23,29-30H,5,8,11-15,17H2,1H3/t23-/m0/s1. The van der Waals surface area contributed by atoms with Crippen LogP contribution in [0.25, 0.3) is 0 Å². The highest BCUT2D eigenvalue weighted by Gasteiger charge is 2.37. The third-order valence-corrected chi connectivity index (χ3v) is 8.62. The Bertz CT molecular complexity index is 920. The van der Waals surface area contributed by atoms with Crippen molar-refractivity contribution in [1.82, 2.24) is 9.21 Å². The maximum Gasteiger partial charge on any atom is 0.219 e. The number of carbonyl (C=O) groups is 1. The van der Waals surface area contributed by atoms with Crippen molar-refractivity contribution in [2.24, 2.45) is 0 Å². The summed E-state index contributed by atoms with van der Waals surface area (Å²) in [5.41, 5.74) is 2.16.